The van der Waals surface area contributed by atoms with Gasteiger partial charge in [0.05, 0.1) is 12.6 Å². The number of hydrogen-bond acceptors (Lipinski definition) is 3. The van der Waals surface area contributed by atoms with Gasteiger partial charge < -0.3 is 20.2 Å². The van der Waals surface area contributed by atoms with Crippen molar-refractivity contribution in [3.05, 3.63) is 34.1 Å². The molecule has 1 heterocycles. The summed E-state index contributed by atoms with van der Waals surface area (Å²) in [6, 6.07) is 4.72. The Morgan fingerprint density at radius 2 is 2.07 bits per heavy atom. The van der Waals surface area contributed by atoms with Crippen LogP contribution in [0, 0.1) is 5.82 Å². The van der Waals surface area contributed by atoms with Crippen molar-refractivity contribution in [3.63, 3.8) is 0 Å². The minimum atomic E-state index is -0.360. The molecule has 1 aromatic carbocycles. The SMILES string of the molecule is O=C(CCO)N1CCC[C@@H](N(C(=O)NCc2ccc(Br)cc2F)C2CC2)C1. The Kier molecular flexibility index (Phi) is 6.70. The highest BCUT2D eigenvalue weighted by Crippen LogP contribution is 2.31. The Morgan fingerprint density at radius 3 is 2.74 bits per heavy atom. The third kappa shape index (κ3) is 5.19. The van der Waals surface area contributed by atoms with Gasteiger partial charge in [-0.1, -0.05) is 22.0 Å². The molecule has 0 bridgehead atoms. The number of aliphatic hydroxyl groups excluding tert-OH is 1. The first-order valence-corrected chi connectivity index (χ1v) is 10.2. The molecule has 0 aromatic heterocycles. The quantitative estimate of drug-likeness (QED) is 0.712. The van der Waals surface area contributed by atoms with Gasteiger partial charge >= 0.3 is 6.03 Å². The summed E-state index contributed by atoms with van der Waals surface area (Å²) in [7, 11) is 0. The fraction of sp³-hybridized carbons (Fsp3) is 0.579. The van der Waals surface area contributed by atoms with Crippen LogP contribution in [0.1, 0.15) is 37.7 Å². The first kappa shape index (κ1) is 20.1. The summed E-state index contributed by atoms with van der Waals surface area (Å²) >= 11 is 3.22. The number of halogens is 2. The first-order valence-electron chi connectivity index (χ1n) is 9.38. The number of aliphatic hydroxyl groups is 1. The van der Waals surface area contributed by atoms with Crippen LogP contribution in [0.4, 0.5) is 9.18 Å². The van der Waals surface area contributed by atoms with E-state index in [1.165, 1.54) is 6.07 Å². The molecule has 1 aliphatic heterocycles. The van der Waals surface area contributed by atoms with Crippen LogP contribution in [-0.4, -0.2) is 58.6 Å². The van der Waals surface area contributed by atoms with E-state index in [0.29, 0.717) is 23.1 Å². The van der Waals surface area contributed by atoms with E-state index in [0.717, 1.165) is 25.7 Å². The van der Waals surface area contributed by atoms with Gasteiger partial charge in [-0.2, -0.15) is 0 Å². The molecular weight excluding hydrogens is 417 g/mol. The largest absolute Gasteiger partial charge is 0.396 e. The van der Waals surface area contributed by atoms with Gasteiger partial charge in [0.1, 0.15) is 5.82 Å². The molecule has 0 spiro atoms. The van der Waals surface area contributed by atoms with Crippen molar-refractivity contribution >= 4 is 27.9 Å². The number of nitrogens with zero attached hydrogens (tertiary/aromatic N) is 2. The zero-order chi connectivity index (χ0) is 19.4. The average molecular weight is 442 g/mol. The Morgan fingerprint density at radius 1 is 1.30 bits per heavy atom. The third-order valence-electron chi connectivity index (χ3n) is 5.09. The number of nitrogens with one attached hydrogen (secondary N) is 1. The molecule has 2 aliphatic rings. The highest BCUT2D eigenvalue weighted by Gasteiger charge is 2.39. The molecule has 6 nitrogen and oxygen atoms in total. The second-order valence-electron chi connectivity index (χ2n) is 7.14. The molecular formula is C19H25BrFN3O3. The minimum Gasteiger partial charge on any atom is -0.396 e. The van der Waals surface area contributed by atoms with Crippen LogP contribution >= 0.6 is 15.9 Å². The van der Waals surface area contributed by atoms with Crippen LogP contribution in [0.2, 0.25) is 0 Å². The van der Waals surface area contributed by atoms with Crippen molar-refractivity contribution in [2.75, 3.05) is 19.7 Å². The van der Waals surface area contributed by atoms with Crippen molar-refractivity contribution in [1.82, 2.24) is 15.1 Å². The molecule has 2 N–H and O–H groups in total. The second kappa shape index (κ2) is 9.01. The number of benzene rings is 1. The van der Waals surface area contributed by atoms with Crippen molar-refractivity contribution in [3.8, 4) is 0 Å². The molecule has 1 aromatic rings. The molecule has 1 saturated heterocycles. The van der Waals surface area contributed by atoms with Gasteiger partial charge in [0.2, 0.25) is 5.91 Å². The second-order valence-corrected chi connectivity index (χ2v) is 8.06. The van der Waals surface area contributed by atoms with Gasteiger partial charge in [0.15, 0.2) is 0 Å². The molecule has 1 aliphatic carbocycles. The summed E-state index contributed by atoms with van der Waals surface area (Å²) in [5.41, 5.74) is 0.436. The van der Waals surface area contributed by atoms with E-state index in [9.17, 15) is 14.0 Å². The smallest absolute Gasteiger partial charge is 0.318 e. The van der Waals surface area contributed by atoms with Crippen LogP contribution in [0.25, 0.3) is 0 Å². The van der Waals surface area contributed by atoms with Crippen LogP contribution in [-0.2, 0) is 11.3 Å². The zero-order valence-corrected chi connectivity index (χ0v) is 16.8. The minimum absolute atomic E-state index is 0.0383. The number of likely N-dealkylation sites (tertiary alicyclic amines) is 1. The lowest BCUT2D eigenvalue weighted by Crippen LogP contribution is -2.55. The molecule has 2 fully saturated rings. The summed E-state index contributed by atoms with van der Waals surface area (Å²) in [5, 5.41) is 11.8. The van der Waals surface area contributed by atoms with Crippen molar-refractivity contribution in [2.45, 2.75) is 50.7 Å². The number of hydrogen-bond donors (Lipinski definition) is 2. The maximum absolute atomic E-state index is 14.0. The van der Waals surface area contributed by atoms with E-state index in [2.05, 4.69) is 21.2 Å². The number of carbonyl (C=O) groups excluding carboxylic acids is 2. The van der Waals surface area contributed by atoms with E-state index < -0.39 is 0 Å². The molecule has 1 atom stereocenters. The number of carbonyl (C=O) groups is 2. The molecule has 3 rings (SSSR count). The Balaban J connectivity index is 1.62. The normalized spacial score (nSPS) is 19.7. The van der Waals surface area contributed by atoms with Gasteiger partial charge in [-0.25, -0.2) is 9.18 Å². The van der Waals surface area contributed by atoms with Crippen LogP contribution in [0.3, 0.4) is 0 Å². The number of urea groups is 1. The fourth-order valence-electron chi connectivity index (χ4n) is 3.57. The van der Waals surface area contributed by atoms with E-state index in [4.69, 9.17) is 5.11 Å². The van der Waals surface area contributed by atoms with E-state index in [-0.39, 0.29) is 49.4 Å². The van der Waals surface area contributed by atoms with E-state index in [1.807, 2.05) is 4.90 Å². The molecule has 0 radical (unpaired) electrons. The molecule has 27 heavy (non-hydrogen) atoms. The predicted octanol–water partition coefficient (Wildman–Crippen LogP) is 2.64. The monoisotopic (exact) mass is 441 g/mol. The molecule has 3 amide bonds. The summed E-state index contributed by atoms with van der Waals surface area (Å²) in [6.07, 6.45) is 3.71. The van der Waals surface area contributed by atoms with Gasteiger partial charge in [0, 0.05) is 42.1 Å². The Bertz CT molecular complexity index is 699. The predicted molar refractivity (Wildman–Crippen MR) is 103 cm³/mol. The topological polar surface area (TPSA) is 72.9 Å². The number of piperidine rings is 1. The van der Waals surface area contributed by atoms with E-state index in [1.54, 1.807) is 17.0 Å². The standard InChI is InChI=1S/C19H25BrFN3O3/c20-14-4-3-13(17(21)10-14)11-22-19(27)24(15-5-6-15)16-2-1-8-23(12-16)18(26)7-9-25/h3-4,10,15-16,25H,1-2,5-9,11-12H2,(H,22,27)/t16-/m1/s1. The Labute approximate surface area is 166 Å². The maximum Gasteiger partial charge on any atom is 0.318 e. The van der Waals surface area contributed by atoms with Crippen LogP contribution in [0.5, 0.6) is 0 Å². The molecule has 0 unspecified atom stereocenters. The average Bonchev–Trinajstić information content (AvgIpc) is 3.46. The highest BCUT2D eigenvalue weighted by atomic mass is 79.9. The van der Waals surface area contributed by atoms with Gasteiger partial charge in [-0.3, -0.25) is 4.79 Å². The number of amides is 3. The lowest BCUT2D eigenvalue weighted by Gasteiger charge is -2.39. The summed E-state index contributed by atoms with van der Waals surface area (Å²) < 4.78 is 14.6. The van der Waals surface area contributed by atoms with Crippen molar-refractivity contribution in [1.29, 1.82) is 0 Å². The zero-order valence-electron chi connectivity index (χ0n) is 15.2. The summed E-state index contributed by atoms with van der Waals surface area (Å²) in [4.78, 5) is 28.5. The third-order valence-corrected chi connectivity index (χ3v) is 5.58. The first-order chi connectivity index (χ1) is 13.0. The molecule has 148 valence electrons. The van der Waals surface area contributed by atoms with Crippen molar-refractivity contribution < 1.29 is 19.1 Å². The lowest BCUT2D eigenvalue weighted by atomic mass is 10.0. The van der Waals surface area contributed by atoms with Gasteiger partial charge in [-0.15, -0.1) is 0 Å². The highest BCUT2D eigenvalue weighted by molar-refractivity contribution is 9.10. The van der Waals surface area contributed by atoms with Crippen molar-refractivity contribution in [2.24, 2.45) is 0 Å². The van der Waals surface area contributed by atoms with Gasteiger partial charge in [-0.05, 0) is 37.8 Å². The molecule has 1 saturated carbocycles. The van der Waals surface area contributed by atoms with Gasteiger partial charge in [0.25, 0.3) is 0 Å². The van der Waals surface area contributed by atoms with E-state index >= 15 is 0 Å². The lowest BCUT2D eigenvalue weighted by molar-refractivity contribution is -0.133. The van der Waals surface area contributed by atoms with Crippen LogP contribution in [0.15, 0.2) is 22.7 Å². The number of rotatable bonds is 6. The Hall–Kier alpha value is -1.67. The maximum atomic E-state index is 14.0. The van der Waals surface area contributed by atoms with Crippen LogP contribution < -0.4 is 5.32 Å². The summed E-state index contributed by atoms with van der Waals surface area (Å²) in [5.74, 6) is -0.434. The fourth-order valence-corrected chi connectivity index (χ4v) is 3.90. The molecule has 8 heteroatoms. The summed E-state index contributed by atoms with van der Waals surface area (Å²) in [6.45, 7) is 1.13.